The average molecular weight is 244 g/mol. The fourth-order valence-electron chi connectivity index (χ4n) is 1.16. The minimum atomic E-state index is 0. The molecule has 0 aliphatic carbocycles. The van der Waals surface area contributed by atoms with Crippen molar-refractivity contribution in [2.45, 2.75) is 0 Å². The number of anilines is 1. The molecule has 3 nitrogen and oxygen atoms in total. The van der Waals surface area contributed by atoms with E-state index in [1.54, 1.807) is 18.6 Å². The second-order valence-electron chi connectivity index (χ2n) is 2.71. The van der Waals surface area contributed by atoms with Crippen molar-refractivity contribution in [1.82, 2.24) is 9.97 Å². The van der Waals surface area contributed by atoms with E-state index in [1.165, 1.54) is 0 Å². The Morgan fingerprint density at radius 1 is 1.00 bits per heavy atom. The van der Waals surface area contributed by atoms with Gasteiger partial charge in [-0.1, -0.05) is 6.07 Å². The second kappa shape index (κ2) is 6.22. The van der Waals surface area contributed by atoms with Crippen molar-refractivity contribution in [2.24, 2.45) is 0 Å². The zero-order valence-electron chi connectivity index (χ0n) is 7.83. The van der Waals surface area contributed by atoms with Crippen LogP contribution >= 0.6 is 24.8 Å². The van der Waals surface area contributed by atoms with E-state index in [1.807, 2.05) is 24.3 Å². The van der Waals surface area contributed by atoms with Gasteiger partial charge in [0.25, 0.3) is 0 Å². The fraction of sp³-hybridized carbons (Fsp3) is 0. The molecule has 0 spiro atoms. The lowest BCUT2D eigenvalue weighted by Gasteiger charge is -2.00. The molecule has 0 fully saturated rings. The Balaban J connectivity index is 0.000000980. The molecule has 0 bridgehead atoms. The van der Waals surface area contributed by atoms with Gasteiger partial charge in [0.05, 0.1) is 0 Å². The molecular weight excluding hydrogens is 233 g/mol. The van der Waals surface area contributed by atoms with Crippen molar-refractivity contribution in [1.29, 1.82) is 0 Å². The highest BCUT2D eigenvalue weighted by atomic mass is 35.5. The van der Waals surface area contributed by atoms with E-state index in [-0.39, 0.29) is 24.8 Å². The Labute approximate surface area is 101 Å². The van der Waals surface area contributed by atoms with Gasteiger partial charge in [-0.05, 0) is 23.8 Å². The van der Waals surface area contributed by atoms with Crippen LogP contribution in [0.3, 0.4) is 0 Å². The van der Waals surface area contributed by atoms with E-state index in [9.17, 15) is 0 Å². The zero-order chi connectivity index (χ0) is 9.10. The zero-order valence-corrected chi connectivity index (χ0v) is 9.46. The predicted octanol–water partition coefficient (Wildman–Crippen LogP) is 2.57. The quantitative estimate of drug-likeness (QED) is 0.838. The number of nitrogen functional groups attached to an aromatic ring is 1. The molecule has 2 aromatic rings. The predicted molar refractivity (Wildman–Crippen MR) is 66.4 cm³/mol. The fourth-order valence-corrected chi connectivity index (χ4v) is 1.16. The maximum absolute atomic E-state index is 5.56. The minimum absolute atomic E-state index is 0. The molecule has 0 radical (unpaired) electrons. The molecule has 0 saturated carbocycles. The van der Waals surface area contributed by atoms with Crippen LogP contribution in [0.2, 0.25) is 0 Å². The highest BCUT2D eigenvalue weighted by molar-refractivity contribution is 5.85. The summed E-state index contributed by atoms with van der Waals surface area (Å²) >= 11 is 0. The largest absolute Gasteiger partial charge is 0.384 e. The van der Waals surface area contributed by atoms with Gasteiger partial charge in [-0.15, -0.1) is 24.8 Å². The van der Waals surface area contributed by atoms with E-state index in [0.29, 0.717) is 5.82 Å². The molecule has 0 amide bonds. The summed E-state index contributed by atoms with van der Waals surface area (Å²) in [4.78, 5) is 7.95. The summed E-state index contributed by atoms with van der Waals surface area (Å²) in [5, 5.41) is 0. The maximum Gasteiger partial charge on any atom is 0.123 e. The number of nitrogens with two attached hydrogens (primary N) is 1. The molecule has 80 valence electrons. The molecule has 0 saturated heterocycles. The summed E-state index contributed by atoms with van der Waals surface area (Å²) in [6.07, 6.45) is 5.24. The van der Waals surface area contributed by atoms with Gasteiger partial charge in [0.15, 0.2) is 0 Å². The van der Waals surface area contributed by atoms with Crippen LogP contribution < -0.4 is 5.73 Å². The van der Waals surface area contributed by atoms with Crippen molar-refractivity contribution in [2.75, 3.05) is 5.73 Å². The summed E-state index contributed by atoms with van der Waals surface area (Å²) in [6, 6.07) is 7.62. The van der Waals surface area contributed by atoms with Crippen molar-refractivity contribution in [3.8, 4) is 11.1 Å². The molecule has 2 N–H and O–H groups in total. The van der Waals surface area contributed by atoms with E-state index in [0.717, 1.165) is 11.1 Å². The SMILES string of the molecule is Cl.Cl.Nc1cc(-c2cccnc2)ccn1. The van der Waals surface area contributed by atoms with Crippen molar-refractivity contribution >= 4 is 30.6 Å². The van der Waals surface area contributed by atoms with Crippen LogP contribution in [0.4, 0.5) is 5.82 Å². The molecule has 0 aliphatic rings. The third-order valence-corrected chi connectivity index (χ3v) is 1.78. The third-order valence-electron chi connectivity index (χ3n) is 1.78. The first-order valence-corrected chi connectivity index (χ1v) is 3.98. The van der Waals surface area contributed by atoms with Crippen molar-refractivity contribution in [3.05, 3.63) is 42.9 Å². The first-order valence-electron chi connectivity index (χ1n) is 3.98. The number of nitrogens with zero attached hydrogens (tertiary/aromatic N) is 2. The van der Waals surface area contributed by atoms with Gasteiger partial charge in [0, 0.05) is 24.2 Å². The lowest BCUT2D eigenvalue weighted by molar-refractivity contribution is 1.31. The Hall–Kier alpha value is -1.32. The summed E-state index contributed by atoms with van der Waals surface area (Å²) < 4.78 is 0. The number of aromatic nitrogens is 2. The van der Waals surface area contributed by atoms with Crippen LogP contribution in [0.25, 0.3) is 11.1 Å². The van der Waals surface area contributed by atoms with Crippen LogP contribution in [0, 0.1) is 0 Å². The molecule has 15 heavy (non-hydrogen) atoms. The maximum atomic E-state index is 5.56. The first kappa shape index (κ1) is 13.7. The van der Waals surface area contributed by atoms with Crippen LogP contribution in [-0.4, -0.2) is 9.97 Å². The standard InChI is InChI=1S/C10H9N3.2ClH/c11-10-6-8(3-5-13-10)9-2-1-4-12-7-9;;/h1-7H,(H2,11,13);2*1H. The average Bonchev–Trinajstić information content (AvgIpc) is 2.19. The molecule has 2 rings (SSSR count). The summed E-state index contributed by atoms with van der Waals surface area (Å²) in [5.41, 5.74) is 7.66. The van der Waals surface area contributed by atoms with E-state index in [2.05, 4.69) is 9.97 Å². The molecule has 5 heteroatoms. The molecule has 0 aromatic carbocycles. The Bertz CT molecular complexity index is 406. The topological polar surface area (TPSA) is 51.8 Å². The number of rotatable bonds is 1. The molecule has 2 aromatic heterocycles. The monoisotopic (exact) mass is 243 g/mol. The number of pyridine rings is 2. The molecule has 0 atom stereocenters. The van der Waals surface area contributed by atoms with Crippen LogP contribution in [0.5, 0.6) is 0 Å². The van der Waals surface area contributed by atoms with Gasteiger partial charge in [-0.3, -0.25) is 4.98 Å². The van der Waals surface area contributed by atoms with Gasteiger partial charge < -0.3 is 5.73 Å². The minimum Gasteiger partial charge on any atom is -0.384 e. The van der Waals surface area contributed by atoms with Gasteiger partial charge in [-0.25, -0.2) is 4.98 Å². The van der Waals surface area contributed by atoms with Crippen molar-refractivity contribution < 1.29 is 0 Å². The number of hydrogen-bond acceptors (Lipinski definition) is 3. The Kier molecular flexibility index (Phi) is 5.67. The molecular formula is C10H11Cl2N3. The molecule has 0 aliphatic heterocycles. The molecule has 0 unspecified atom stereocenters. The normalized spacial score (nSPS) is 8.53. The van der Waals surface area contributed by atoms with Gasteiger partial charge in [0.1, 0.15) is 5.82 Å². The smallest absolute Gasteiger partial charge is 0.123 e. The van der Waals surface area contributed by atoms with Crippen LogP contribution in [-0.2, 0) is 0 Å². The van der Waals surface area contributed by atoms with Crippen LogP contribution in [0.1, 0.15) is 0 Å². The van der Waals surface area contributed by atoms with Gasteiger partial charge >= 0.3 is 0 Å². The van der Waals surface area contributed by atoms with E-state index >= 15 is 0 Å². The molecule has 2 heterocycles. The number of hydrogen-bond donors (Lipinski definition) is 1. The highest BCUT2D eigenvalue weighted by Crippen LogP contribution is 2.18. The van der Waals surface area contributed by atoms with E-state index < -0.39 is 0 Å². The van der Waals surface area contributed by atoms with Gasteiger partial charge in [-0.2, -0.15) is 0 Å². The van der Waals surface area contributed by atoms with Crippen LogP contribution in [0.15, 0.2) is 42.9 Å². The van der Waals surface area contributed by atoms with Gasteiger partial charge in [0.2, 0.25) is 0 Å². The highest BCUT2D eigenvalue weighted by Gasteiger charge is 1.96. The summed E-state index contributed by atoms with van der Waals surface area (Å²) in [5.74, 6) is 0.529. The Morgan fingerprint density at radius 2 is 1.80 bits per heavy atom. The Morgan fingerprint density at radius 3 is 2.40 bits per heavy atom. The first-order chi connectivity index (χ1) is 6.36. The number of halogens is 2. The van der Waals surface area contributed by atoms with E-state index in [4.69, 9.17) is 5.73 Å². The second-order valence-corrected chi connectivity index (χ2v) is 2.71. The lowest BCUT2D eigenvalue weighted by atomic mass is 10.1. The third kappa shape index (κ3) is 3.38. The lowest BCUT2D eigenvalue weighted by Crippen LogP contribution is -1.89. The van der Waals surface area contributed by atoms with Crippen molar-refractivity contribution in [3.63, 3.8) is 0 Å². The summed E-state index contributed by atoms with van der Waals surface area (Å²) in [7, 11) is 0. The summed E-state index contributed by atoms with van der Waals surface area (Å²) in [6.45, 7) is 0.